The lowest BCUT2D eigenvalue weighted by Crippen LogP contribution is -2.48. The summed E-state index contributed by atoms with van der Waals surface area (Å²) in [5, 5.41) is 7.78. The zero-order valence-corrected chi connectivity index (χ0v) is 22.1. The Morgan fingerprint density at radius 2 is 1.92 bits per heavy atom. The molecule has 0 aliphatic carbocycles. The lowest BCUT2D eigenvalue weighted by Gasteiger charge is -2.37. The maximum absolute atomic E-state index is 12.9. The van der Waals surface area contributed by atoms with E-state index >= 15 is 0 Å². The predicted molar refractivity (Wildman–Crippen MR) is 142 cm³/mol. The lowest BCUT2D eigenvalue weighted by molar-refractivity contribution is -0.117. The van der Waals surface area contributed by atoms with Crippen molar-refractivity contribution in [1.82, 2.24) is 19.9 Å². The van der Waals surface area contributed by atoms with Crippen molar-refractivity contribution in [3.05, 3.63) is 58.0 Å². The smallest absolute Gasteiger partial charge is 0.264 e. The summed E-state index contributed by atoms with van der Waals surface area (Å²) in [4.78, 5) is 33.2. The Morgan fingerprint density at radius 1 is 1.14 bits per heavy atom. The number of sulfonamides is 1. The van der Waals surface area contributed by atoms with E-state index in [4.69, 9.17) is 0 Å². The van der Waals surface area contributed by atoms with E-state index in [-0.39, 0.29) is 30.3 Å². The molecule has 4 heterocycles. The van der Waals surface area contributed by atoms with E-state index in [0.29, 0.717) is 23.0 Å². The van der Waals surface area contributed by atoms with Crippen LogP contribution in [0.1, 0.15) is 39.0 Å². The van der Waals surface area contributed by atoms with Gasteiger partial charge < -0.3 is 15.5 Å². The second-order valence-electron chi connectivity index (χ2n) is 9.06. The van der Waals surface area contributed by atoms with Gasteiger partial charge in [-0.1, -0.05) is 24.3 Å². The first kappa shape index (κ1) is 25.0. The first-order valence-electron chi connectivity index (χ1n) is 11.7. The fraction of sp³-hybridized carbons (Fsp3) is 0.375. The first-order valence-corrected chi connectivity index (χ1v) is 15.2. The molecule has 0 saturated carbocycles. The number of carbonyl (C=O) groups excluding carboxylic acids is 2. The quantitative estimate of drug-likeness (QED) is 0.400. The molecule has 0 spiro atoms. The average molecular weight is 546 g/mol. The molecule has 3 aromatic rings. The number of benzene rings is 1. The van der Waals surface area contributed by atoms with Crippen LogP contribution < -0.4 is 15.4 Å². The van der Waals surface area contributed by atoms with Gasteiger partial charge in [0.05, 0.1) is 32.1 Å². The number of carbonyl (C=O) groups is 2. The van der Waals surface area contributed by atoms with E-state index in [0.717, 1.165) is 46.7 Å². The van der Waals surface area contributed by atoms with Gasteiger partial charge in [-0.2, -0.15) is 0 Å². The number of thiazole rings is 1. The minimum absolute atomic E-state index is 0.0224. The Morgan fingerprint density at radius 3 is 2.61 bits per heavy atom. The SMILES string of the molecule is CS(=O)(=O)NCc1ccc(-c2cnc(C3CN(C(=O)c4ccc(NC(=O)[C@@H]5CCCN5)s4)C3)s2)cc1. The fourth-order valence-electron chi connectivity index (χ4n) is 4.20. The largest absolute Gasteiger partial charge is 0.336 e. The molecular formula is C24H27N5O4S3. The molecule has 3 N–H and O–H groups in total. The summed E-state index contributed by atoms with van der Waals surface area (Å²) in [6.07, 6.45) is 4.83. The van der Waals surface area contributed by atoms with Crippen LogP contribution >= 0.6 is 22.7 Å². The maximum atomic E-state index is 12.9. The second kappa shape index (κ2) is 10.4. The topological polar surface area (TPSA) is 120 Å². The average Bonchev–Trinajstić information content (AvgIpc) is 3.58. The van der Waals surface area contributed by atoms with Crippen LogP contribution in [0.15, 0.2) is 42.6 Å². The Labute approximate surface area is 218 Å². The molecule has 1 atom stereocenters. The highest BCUT2D eigenvalue weighted by Gasteiger charge is 2.35. The van der Waals surface area contributed by atoms with Crippen LogP contribution in [0.4, 0.5) is 5.00 Å². The summed E-state index contributed by atoms with van der Waals surface area (Å²) in [6.45, 7) is 2.36. The summed E-state index contributed by atoms with van der Waals surface area (Å²) in [5.41, 5.74) is 1.91. The number of amides is 2. The van der Waals surface area contributed by atoms with E-state index in [2.05, 4.69) is 20.3 Å². The van der Waals surface area contributed by atoms with Gasteiger partial charge in [-0.3, -0.25) is 9.59 Å². The van der Waals surface area contributed by atoms with Crippen molar-refractivity contribution in [3.8, 4) is 10.4 Å². The number of aromatic nitrogens is 1. The Balaban J connectivity index is 1.13. The van der Waals surface area contributed by atoms with Crippen LogP contribution in [0.2, 0.25) is 0 Å². The second-order valence-corrected chi connectivity index (χ2v) is 13.0. The third-order valence-corrected chi connectivity index (χ3v) is 9.12. The molecule has 9 nitrogen and oxygen atoms in total. The summed E-state index contributed by atoms with van der Waals surface area (Å²) < 4.78 is 25.0. The van der Waals surface area contributed by atoms with Gasteiger partial charge in [0.2, 0.25) is 15.9 Å². The Bertz CT molecular complexity index is 1350. The zero-order chi connectivity index (χ0) is 25.3. The molecule has 190 valence electrons. The van der Waals surface area contributed by atoms with E-state index < -0.39 is 10.0 Å². The number of nitrogens with one attached hydrogen (secondary N) is 3. The monoisotopic (exact) mass is 545 g/mol. The maximum Gasteiger partial charge on any atom is 0.264 e. The van der Waals surface area contributed by atoms with E-state index in [1.165, 1.54) is 11.3 Å². The molecule has 2 aliphatic rings. The van der Waals surface area contributed by atoms with Crippen molar-refractivity contribution in [3.63, 3.8) is 0 Å². The first-order chi connectivity index (χ1) is 17.2. The molecule has 36 heavy (non-hydrogen) atoms. The molecule has 2 aliphatic heterocycles. The van der Waals surface area contributed by atoms with E-state index in [1.807, 2.05) is 35.4 Å². The molecule has 12 heteroatoms. The van der Waals surface area contributed by atoms with Crippen LogP contribution in [0.5, 0.6) is 0 Å². The van der Waals surface area contributed by atoms with Crippen molar-refractivity contribution in [2.45, 2.75) is 31.3 Å². The number of nitrogens with zero attached hydrogens (tertiary/aromatic N) is 2. The van der Waals surface area contributed by atoms with Gasteiger partial charge in [-0.05, 0) is 42.6 Å². The summed E-state index contributed by atoms with van der Waals surface area (Å²) in [5.74, 6) is 0.140. The minimum Gasteiger partial charge on any atom is -0.336 e. The molecule has 0 unspecified atom stereocenters. The van der Waals surface area contributed by atoms with Gasteiger partial charge in [0, 0.05) is 31.7 Å². The molecule has 2 saturated heterocycles. The highest BCUT2D eigenvalue weighted by Crippen LogP contribution is 2.36. The van der Waals surface area contributed by atoms with Gasteiger partial charge in [-0.15, -0.1) is 22.7 Å². The number of likely N-dealkylation sites (tertiary alicyclic amines) is 1. The highest BCUT2D eigenvalue weighted by atomic mass is 32.2. The fourth-order valence-corrected chi connectivity index (χ4v) is 6.52. The normalized spacial score (nSPS) is 18.2. The van der Waals surface area contributed by atoms with Crippen LogP contribution in [0.25, 0.3) is 10.4 Å². The molecule has 2 amide bonds. The summed E-state index contributed by atoms with van der Waals surface area (Å²) >= 11 is 2.92. The highest BCUT2D eigenvalue weighted by molar-refractivity contribution is 7.88. The third kappa shape index (κ3) is 5.84. The number of thiophene rings is 1. The number of hydrogen-bond donors (Lipinski definition) is 3. The van der Waals surface area contributed by atoms with Gasteiger partial charge in [0.25, 0.3) is 5.91 Å². The van der Waals surface area contributed by atoms with Crippen molar-refractivity contribution in [2.24, 2.45) is 0 Å². The molecule has 2 aromatic heterocycles. The van der Waals surface area contributed by atoms with Crippen molar-refractivity contribution >= 4 is 49.5 Å². The van der Waals surface area contributed by atoms with Gasteiger partial charge in [-0.25, -0.2) is 18.1 Å². The third-order valence-electron chi connectivity index (χ3n) is 6.26. The van der Waals surface area contributed by atoms with Crippen molar-refractivity contribution in [2.75, 3.05) is 31.2 Å². The molecule has 2 fully saturated rings. The number of hydrogen-bond acceptors (Lipinski definition) is 8. The van der Waals surface area contributed by atoms with E-state index in [1.54, 1.807) is 23.5 Å². The van der Waals surface area contributed by atoms with Crippen molar-refractivity contribution < 1.29 is 18.0 Å². The predicted octanol–water partition coefficient (Wildman–Crippen LogP) is 2.85. The summed E-state index contributed by atoms with van der Waals surface area (Å²) in [7, 11) is -3.23. The molecule has 0 bridgehead atoms. The zero-order valence-electron chi connectivity index (χ0n) is 19.7. The standard InChI is InChI=1S/C24H27N5O4S3/c1-36(32,33)27-11-15-4-6-16(7-5-15)20-12-26-23(35-20)17-13-29(14-17)24(31)19-8-9-21(34-19)28-22(30)18-3-2-10-25-18/h4-9,12,17-18,25,27H,2-3,10-11,13-14H2,1H3,(H,28,30)/t18-/m0/s1. The molecule has 1 aromatic carbocycles. The minimum atomic E-state index is -3.23. The van der Waals surface area contributed by atoms with Gasteiger partial charge in [0.15, 0.2) is 0 Å². The van der Waals surface area contributed by atoms with E-state index in [9.17, 15) is 18.0 Å². The summed E-state index contributed by atoms with van der Waals surface area (Å²) in [6, 6.07) is 11.1. The Hall–Kier alpha value is -2.64. The Kier molecular flexibility index (Phi) is 7.22. The van der Waals surface area contributed by atoms with Gasteiger partial charge in [0.1, 0.15) is 0 Å². The van der Waals surface area contributed by atoms with Crippen LogP contribution in [-0.2, 0) is 21.4 Å². The molecular weight excluding hydrogens is 518 g/mol. The van der Waals surface area contributed by atoms with Gasteiger partial charge >= 0.3 is 0 Å². The molecule has 5 rings (SSSR count). The lowest BCUT2D eigenvalue weighted by atomic mass is 10.0. The van der Waals surface area contributed by atoms with Crippen molar-refractivity contribution in [1.29, 1.82) is 0 Å². The van der Waals surface area contributed by atoms with Crippen LogP contribution in [-0.4, -0.2) is 62.0 Å². The number of rotatable bonds is 8. The van der Waals surface area contributed by atoms with Crippen LogP contribution in [0, 0.1) is 0 Å². The van der Waals surface area contributed by atoms with Crippen LogP contribution in [0.3, 0.4) is 0 Å². The molecule has 0 radical (unpaired) electrons. The number of anilines is 1.